The number of aliphatic imine (C=N–C) groups is 1. The Balaban J connectivity index is 1.73. The normalized spacial score (nSPS) is 11.9. The minimum Gasteiger partial charge on any atom is -0.242 e. The maximum atomic E-state index is 4.84. The molecule has 3 heteroatoms. The van der Waals surface area contributed by atoms with Gasteiger partial charge in [-0.3, -0.25) is 0 Å². The first-order valence-electron chi connectivity index (χ1n) is 8.91. The monoisotopic (exact) mass is 389 g/mol. The number of nitrogens with zero attached hydrogens (tertiary/aromatic N) is 1. The molecule has 0 saturated heterocycles. The zero-order valence-electron chi connectivity index (χ0n) is 15.6. The van der Waals surface area contributed by atoms with E-state index in [2.05, 4.69) is 98.1 Å². The molecule has 3 aromatic rings. The number of rotatable bonds is 6. The topological polar surface area (TPSA) is 12.4 Å². The van der Waals surface area contributed by atoms with Crippen molar-refractivity contribution in [3.05, 3.63) is 107 Å². The van der Waals surface area contributed by atoms with Crippen LogP contribution >= 0.6 is 23.5 Å². The molecule has 0 atom stereocenters. The third kappa shape index (κ3) is 6.78. The summed E-state index contributed by atoms with van der Waals surface area (Å²) >= 11 is 3.48. The lowest BCUT2D eigenvalue weighted by Gasteiger charge is -2.04. The molecule has 0 spiro atoms. The number of thioether (sulfide) groups is 2. The Morgan fingerprint density at radius 1 is 0.815 bits per heavy atom. The molecule has 0 saturated carbocycles. The van der Waals surface area contributed by atoms with Crippen LogP contribution < -0.4 is 0 Å². The fourth-order valence-electron chi connectivity index (χ4n) is 2.38. The van der Waals surface area contributed by atoms with Crippen LogP contribution in [0.25, 0.3) is 0 Å². The summed E-state index contributed by atoms with van der Waals surface area (Å²) < 4.78 is 0. The molecule has 0 N–H and O–H groups in total. The van der Waals surface area contributed by atoms with Crippen LogP contribution in [-0.2, 0) is 5.75 Å². The van der Waals surface area contributed by atoms with Crippen molar-refractivity contribution < 1.29 is 0 Å². The van der Waals surface area contributed by atoms with Gasteiger partial charge in [0.15, 0.2) is 0 Å². The Labute approximate surface area is 170 Å². The Morgan fingerprint density at radius 3 is 2.11 bits per heavy atom. The minimum atomic E-state index is 0.908. The first-order valence-corrected chi connectivity index (χ1v) is 10.8. The molecule has 136 valence electrons. The van der Waals surface area contributed by atoms with Crippen molar-refractivity contribution >= 4 is 34.3 Å². The third-order valence-electron chi connectivity index (χ3n) is 3.94. The van der Waals surface area contributed by atoms with Gasteiger partial charge in [-0.25, -0.2) is 4.99 Å². The first kappa shape index (κ1) is 19.5. The summed E-state index contributed by atoms with van der Waals surface area (Å²) in [7, 11) is 0. The van der Waals surface area contributed by atoms with Crippen molar-refractivity contribution in [2.45, 2.75) is 24.5 Å². The van der Waals surface area contributed by atoms with Crippen LogP contribution in [0.2, 0.25) is 0 Å². The standard InChI is InChI=1S/C24H23NS2/c1-19-8-12-21(13-9-19)18-27-24(25-22-14-10-20(2)11-15-22)16-17-26-23-6-4-3-5-7-23/h3-17H,18H2,1-2H3. The van der Waals surface area contributed by atoms with Gasteiger partial charge < -0.3 is 0 Å². The van der Waals surface area contributed by atoms with E-state index in [9.17, 15) is 0 Å². The van der Waals surface area contributed by atoms with E-state index in [4.69, 9.17) is 4.99 Å². The fourth-order valence-corrected chi connectivity index (χ4v) is 3.97. The summed E-state index contributed by atoms with van der Waals surface area (Å²) in [6.45, 7) is 4.21. The van der Waals surface area contributed by atoms with E-state index in [1.807, 2.05) is 6.07 Å². The zero-order valence-corrected chi connectivity index (χ0v) is 17.3. The van der Waals surface area contributed by atoms with Crippen LogP contribution in [0.4, 0.5) is 5.69 Å². The van der Waals surface area contributed by atoms with Crippen LogP contribution in [0.1, 0.15) is 16.7 Å². The summed E-state index contributed by atoms with van der Waals surface area (Å²) in [6, 6.07) is 27.4. The molecule has 0 aliphatic carbocycles. The maximum Gasteiger partial charge on any atom is 0.0975 e. The highest BCUT2D eigenvalue weighted by Crippen LogP contribution is 2.23. The van der Waals surface area contributed by atoms with E-state index >= 15 is 0 Å². The van der Waals surface area contributed by atoms with Crippen molar-refractivity contribution in [2.24, 2.45) is 4.99 Å². The Hall–Kier alpha value is -2.23. The number of aryl methyl sites for hydroxylation is 2. The molecule has 0 unspecified atom stereocenters. The quantitative estimate of drug-likeness (QED) is 0.245. The number of benzene rings is 3. The average Bonchev–Trinajstić information content (AvgIpc) is 2.70. The molecular formula is C24H23NS2. The van der Waals surface area contributed by atoms with Gasteiger partial charge in [0, 0.05) is 10.6 Å². The van der Waals surface area contributed by atoms with Gasteiger partial charge in [0.1, 0.15) is 0 Å². The first-order chi connectivity index (χ1) is 13.2. The van der Waals surface area contributed by atoms with Crippen molar-refractivity contribution in [1.82, 2.24) is 0 Å². The van der Waals surface area contributed by atoms with E-state index < -0.39 is 0 Å². The minimum absolute atomic E-state index is 0.908. The molecule has 0 fully saturated rings. The molecule has 0 aromatic heterocycles. The predicted molar refractivity (Wildman–Crippen MR) is 122 cm³/mol. The van der Waals surface area contributed by atoms with Crippen LogP contribution in [0.15, 0.2) is 100 Å². The highest BCUT2D eigenvalue weighted by atomic mass is 32.2. The molecule has 0 aliphatic rings. The molecule has 0 bridgehead atoms. The van der Waals surface area contributed by atoms with Gasteiger partial charge in [-0.05, 0) is 55.2 Å². The zero-order chi connectivity index (χ0) is 18.9. The summed E-state index contributed by atoms with van der Waals surface area (Å²) in [5.41, 5.74) is 4.84. The average molecular weight is 390 g/mol. The Bertz CT molecular complexity index is 895. The summed E-state index contributed by atoms with van der Waals surface area (Å²) in [5.74, 6) is 0.908. The summed E-state index contributed by atoms with van der Waals surface area (Å²) in [5, 5.41) is 3.13. The summed E-state index contributed by atoms with van der Waals surface area (Å²) in [4.78, 5) is 6.07. The van der Waals surface area contributed by atoms with Gasteiger partial charge in [0.05, 0.1) is 10.7 Å². The van der Waals surface area contributed by atoms with Gasteiger partial charge >= 0.3 is 0 Å². The van der Waals surface area contributed by atoms with Crippen LogP contribution in [0.5, 0.6) is 0 Å². The molecule has 0 aliphatic heterocycles. The van der Waals surface area contributed by atoms with Crippen LogP contribution in [0.3, 0.4) is 0 Å². The molecule has 3 rings (SSSR count). The smallest absolute Gasteiger partial charge is 0.0975 e. The molecule has 3 aromatic carbocycles. The SMILES string of the molecule is Cc1ccc(CSC(C=CSc2ccccc2)=Nc2ccc(C)cc2)cc1. The van der Waals surface area contributed by atoms with E-state index in [-0.39, 0.29) is 0 Å². The van der Waals surface area contributed by atoms with Crippen molar-refractivity contribution in [1.29, 1.82) is 0 Å². The molecule has 0 amide bonds. The number of hydrogen-bond donors (Lipinski definition) is 0. The molecule has 27 heavy (non-hydrogen) atoms. The lowest BCUT2D eigenvalue weighted by Crippen LogP contribution is -1.89. The molecule has 0 radical (unpaired) electrons. The van der Waals surface area contributed by atoms with Gasteiger partial charge in [0.25, 0.3) is 0 Å². The van der Waals surface area contributed by atoms with Gasteiger partial charge in [-0.15, -0.1) is 11.8 Å². The second-order valence-electron chi connectivity index (χ2n) is 6.29. The Morgan fingerprint density at radius 2 is 1.44 bits per heavy atom. The van der Waals surface area contributed by atoms with E-state index in [0.717, 1.165) is 16.5 Å². The van der Waals surface area contributed by atoms with Gasteiger partial charge in [0.2, 0.25) is 0 Å². The molecule has 1 nitrogen and oxygen atoms in total. The predicted octanol–water partition coefficient (Wildman–Crippen LogP) is 7.57. The van der Waals surface area contributed by atoms with E-state index in [1.54, 1.807) is 23.5 Å². The maximum absolute atomic E-state index is 4.84. The lowest BCUT2D eigenvalue weighted by atomic mass is 10.2. The molecular weight excluding hydrogens is 366 g/mol. The Kier molecular flexibility index (Phi) is 7.37. The highest BCUT2D eigenvalue weighted by molar-refractivity contribution is 8.13. The van der Waals surface area contributed by atoms with Gasteiger partial charge in [-0.2, -0.15) is 0 Å². The largest absolute Gasteiger partial charge is 0.242 e. The van der Waals surface area contributed by atoms with Crippen molar-refractivity contribution in [2.75, 3.05) is 0 Å². The second kappa shape index (κ2) is 10.2. The highest BCUT2D eigenvalue weighted by Gasteiger charge is 2.00. The van der Waals surface area contributed by atoms with E-state index in [0.29, 0.717) is 0 Å². The van der Waals surface area contributed by atoms with Crippen LogP contribution in [0, 0.1) is 13.8 Å². The third-order valence-corrected chi connectivity index (χ3v) is 5.76. The van der Waals surface area contributed by atoms with E-state index in [1.165, 1.54) is 21.6 Å². The van der Waals surface area contributed by atoms with Crippen molar-refractivity contribution in [3.63, 3.8) is 0 Å². The van der Waals surface area contributed by atoms with Gasteiger partial charge in [-0.1, -0.05) is 77.5 Å². The number of hydrogen-bond acceptors (Lipinski definition) is 3. The van der Waals surface area contributed by atoms with Crippen LogP contribution in [-0.4, -0.2) is 5.04 Å². The second-order valence-corrected chi connectivity index (χ2v) is 8.27. The fraction of sp³-hybridized carbons (Fsp3) is 0.125. The lowest BCUT2D eigenvalue weighted by molar-refractivity contribution is 1.37. The molecule has 0 heterocycles. The van der Waals surface area contributed by atoms with Crippen molar-refractivity contribution in [3.8, 4) is 0 Å². The summed E-state index contributed by atoms with van der Waals surface area (Å²) in [6.07, 6.45) is 2.11.